The second-order valence-electron chi connectivity index (χ2n) is 5.85. The summed E-state index contributed by atoms with van der Waals surface area (Å²) in [5.74, 6) is -0.980. The van der Waals surface area contributed by atoms with Crippen LogP contribution in [0.4, 0.5) is 10.1 Å². The predicted molar refractivity (Wildman–Crippen MR) is 97.5 cm³/mol. The van der Waals surface area contributed by atoms with Crippen molar-refractivity contribution in [3.05, 3.63) is 24.0 Å². The van der Waals surface area contributed by atoms with Gasteiger partial charge < -0.3 is 5.32 Å². The highest BCUT2D eigenvalue weighted by Crippen LogP contribution is 2.21. The van der Waals surface area contributed by atoms with Crippen molar-refractivity contribution in [1.29, 1.82) is 0 Å². The first-order valence-electron chi connectivity index (χ1n) is 7.67. The third-order valence-electron chi connectivity index (χ3n) is 4.03. The van der Waals surface area contributed by atoms with Crippen molar-refractivity contribution in [2.45, 2.75) is 31.2 Å². The van der Waals surface area contributed by atoms with Gasteiger partial charge in [0.15, 0.2) is 0 Å². The fourth-order valence-electron chi connectivity index (χ4n) is 2.40. The van der Waals surface area contributed by atoms with Crippen LogP contribution in [0.15, 0.2) is 23.1 Å². The minimum absolute atomic E-state index is 0. The first-order valence-corrected chi connectivity index (χ1v) is 10.8. The van der Waals surface area contributed by atoms with E-state index in [4.69, 9.17) is 0 Å². The Labute approximate surface area is 154 Å². The SMILES string of the molecule is CCS(=O)(=O)Nc1ccc(S(=O)(=O)NC2CNCCC2C)cc1F.Cl. The van der Waals surface area contributed by atoms with Crippen LogP contribution in [0.25, 0.3) is 0 Å². The lowest BCUT2D eigenvalue weighted by molar-refractivity contribution is 0.327. The number of sulfonamides is 2. The van der Waals surface area contributed by atoms with Crippen LogP contribution in [0.3, 0.4) is 0 Å². The summed E-state index contributed by atoms with van der Waals surface area (Å²) in [5.41, 5.74) is -0.275. The number of benzene rings is 1. The van der Waals surface area contributed by atoms with Gasteiger partial charge in [0.25, 0.3) is 0 Å². The minimum atomic E-state index is -3.89. The van der Waals surface area contributed by atoms with Gasteiger partial charge in [-0.3, -0.25) is 4.72 Å². The molecule has 2 atom stereocenters. The Kier molecular flexibility index (Phi) is 7.63. The van der Waals surface area contributed by atoms with Gasteiger partial charge in [-0.1, -0.05) is 6.92 Å². The fraction of sp³-hybridized carbons (Fsp3) is 0.571. The Morgan fingerprint density at radius 3 is 2.52 bits per heavy atom. The Hall–Kier alpha value is -0.940. The van der Waals surface area contributed by atoms with Crippen LogP contribution in [-0.2, 0) is 20.0 Å². The summed E-state index contributed by atoms with van der Waals surface area (Å²) in [6.45, 7) is 4.72. The van der Waals surface area contributed by atoms with E-state index in [2.05, 4.69) is 14.8 Å². The van der Waals surface area contributed by atoms with Crippen LogP contribution in [0.1, 0.15) is 20.3 Å². The topological polar surface area (TPSA) is 104 Å². The summed E-state index contributed by atoms with van der Waals surface area (Å²) >= 11 is 0. The van der Waals surface area contributed by atoms with Gasteiger partial charge in [0.2, 0.25) is 20.0 Å². The summed E-state index contributed by atoms with van der Waals surface area (Å²) in [6, 6.07) is 2.83. The number of nitrogens with one attached hydrogen (secondary N) is 3. The van der Waals surface area contributed by atoms with E-state index in [0.29, 0.717) is 6.54 Å². The van der Waals surface area contributed by atoms with Gasteiger partial charge in [0.05, 0.1) is 16.3 Å². The van der Waals surface area contributed by atoms with Gasteiger partial charge in [0.1, 0.15) is 5.82 Å². The zero-order valence-electron chi connectivity index (χ0n) is 14.0. The Bertz CT molecular complexity index is 802. The third kappa shape index (κ3) is 5.78. The maximum atomic E-state index is 14.1. The molecular formula is C14H23ClFN3O4S2. The smallest absolute Gasteiger partial charge is 0.240 e. The van der Waals surface area contributed by atoms with Crippen molar-refractivity contribution in [3.63, 3.8) is 0 Å². The van der Waals surface area contributed by atoms with Gasteiger partial charge >= 0.3 is 0 Å². The highest BCUT2D eigenvalue weighted by molar-refractivity contribution is 7.92. The predicted octanol–water partition coefficient (Wildman–Crippen LogP) is 1.29. The largest absolute Gasteiger partial charge is 0.315 e. The van der Waals surface area contributed by atoms with Gasteiger partial charge in [-0.25, -0.2) is 25.9 Å². The lowest BCUT2D eigenvalue weighted by Gasteiger charge is -2.30. The number of hydrogen-bond donors (Lipinski definition) is 3. The molecule has 0 spiro atoms. The minimum Gasteiger partial charge on any atom is -0.315 e. The van der Waals surface area contributed by atoms with E-state index >= 15 is 0 Å². The van der Waals surface area contributed by atoms with E-state index in [1.165, 1.54) is 13.0 Å². The quantitative estimate of drug-likeness (QED) is 0.649. The molecule has 1 aromatic rings. The summed E-state index contributed by atoms with van der Waals surface area (Å²) < 4.78 is 66.5. The summed E-state index contributed by atoms with van der Waals surface area (Å²) in [6.07, 6.45) is 0.847. The average Bonchev–Trinajstić information content (AvgIpc) is 2.51. The second-order valence-corrected chi connectivity index (χ2v) is 9.57. The molecule has 1 saturated heterocycles. The third-order valence-corrected chi connectivity index (χ3v) is 6.81. The molecule has 144 valence electrons. The Morgan fingerprint density at radius 1 is 1.28 bits per heavy atom. The molecule has 1 aromatic carbocycles. The molecule has 0 aliphatic carbocycles. The molecule has 1 fully saturated rings. The molecule has 11 heteroatoms. The molecule has 7 nitrogen and oxygen atoms in total. The van der Waals surface area contributed by atoms with Crippen LogP contribution < -0.4 is 14.8 Å². The van der Waals surface area contributed by atoms with Crippen molar-refractivity contribution < 1.29 is 21.2 Å². The van der Waals surface area contributed by atoms with Crippen LogP contribution in [-0.4, -0.2) is 41.7 Å². The van der Waals surface area contributed by atoms with E-state index < -0.39 is 25.9 Å². The molecule has 1 aliphatic heterocycles. The van der Waals surface area contributed by atoms with Crippen LogP contribution in [0.5, 0.6) is 0 Å². The zero-order chi connectivity index (χ0) is 18.0. The molecule has 1 aliphatic rings. The second kappa shape index (κ2) is 8.63. The standard InChI is InChI=1S/C14H22FN3O4S2.ClH/c1-3-23(19,20)17-13-5-4-11(8-12(13)15)24(21,22)18-14-9-16-7-6-10(14)2;/h4-5,8,10,14,16-18H,3,6-7,9H2,1-2H3;1H. The molecule has 2 rings (SSSR count). The van der Waals surface area contributed by atoms with Crippen LogP contribution >= 0.6 is 12.4 Å². The van der Waals surface area contributed by atoms with Crippen molar-refractivity contribution in [1.82, 2.24) is 10.0 Å². The van der Waals surface area contributed by atoms with Crippen molar-refractivity contribution in [2.24, 2.45) is 5.92 Å². The molecule has 2 unspecified atom stereocenters. The maximum Gasteiger partial charge on any atom is 0.240 e. The molecule has 1 heterocycles. The van der Waals surface area contributed by atoms with Gasteiger partial charge in [-0.15, -0.1) is 12.4 Å². The van der Waals surface area contributed by atoms with Crippen molar-refractivity contribution in [3.8, 4) is 0 Å². The molecule has 0 bridgehead atoms. The first kappa shape index (κ1) is 22.1. The van der Waals surface area contributed by atoms with E-state index in [1.54, 1.807) is 0 Å². The Balaban J connectivity index is 0.00000312. The number of rotatable bonds is 6. The number of halogens is 2. The zero-order valence-corrected chi connectivity index (χ0v) is 16.4. The van der Waals surface area contributed by atoms with Gasteiger partial charge in [0, 0.05) is 12.6 Å². The summed E-state index contributed by atoms with van der Waals surface area (Å²) in [4.78, 5) is -0.239. The highest BCUT2D eigenvalue weighted by Gasteiger charge is 2.27. The van der Waals surface area contributed by atoms with Gasteiger partial charge in [-0.2, -0.15) is 0 Å². The van der Waals surface area contributed by atoms with Crippen molar-refractivity contribution >= 4 is 38.1 Å². The number of piperidine rings is 1. The van der Waals surface area contributed by atoms with Crippen molar-refractivity contribution in [2.75, 3.05) is 23.6 Å². The first-order chi connectivity index (χ1) is 11.1. The number of anilines is 1. The summed E-state index contributed by atoms with van der Waals surface area (Å²) in [5, 5.41) is 3.11. The fourth-order valence-corrected chi connectivity index (χ4v) is 4.40. The summed E-state index contributed by atoms with van der Waals surface area (Å²) in [7, 11) is -7.53. The molecule has 0 aromatic heterocycles. The maximum absolute atomic E-state index is 14.1. The van der Waals surface area contributed by atoms with Gasteiger partial charge in [-0.05, 0) is 44.0 Å². The van der Waals surface area contributed by atoms with E-state index in [0.717, 1.165) is 25.1 Å². The Morgan fingerprint density at radius 2 is 1.96 bits per heavy atom. The molecule has 0 saturated carbocycles. The van der Waals surface area contributed by atoms with Crippen LogP contribution in [0.2, 0.25) is 0 Å². The lowest BCUT2D eigenvalue weighted by atomic mass is 9.96. The average molecular weight is 416 g/mol. The normalized spacial score (nSPS) is 21.4. The molecule has 0 amide bonds. The van der Waals surface area contributed by atoms with E-state index in [-0.39, 0.29) is 40.7 Å². The number of hydrogen-bond acceptors (Lipinski definition) is 5. The molecule has 0 radical (unpaired) electrons. The molecule has 25 heavy (non-hydrogen) atoms. The van der Waals surface area contributed by atoms with Crippen LogP contribution in [0, 0.1) is 11.7 Å². The molecular weight excluding hydrogens is 393 g/mol. The van der Waals surface area contributed by atoms with E-state index in [9.17, 15) is 21.2 Å². The lowest BCUT2D eigenvalue weighted by Crippen LogP contribution is -2.50. The highest BCUT2D eigenvalue weighted by atomic mass is 35.5. The van der Waals surface area contributed by atoms with E-state index in [1.807, 2.05) is 6.92 Å². The molecule has 3 N–H and O–H groups in total. The monoisotopic (exact) mass is 415 g/mol.